The third-order valence-electron chi connectivity index (χ3n) is 1.76. The van der Waals surface area contributed by atoms with Crippen LogP contribution in [0.3, 0.4) is 0 Å². The van der Waals surface area contributed by atoms with E-state index in [1.165, 1.54) is 0 Å². The SMILES string of the molecule is O=C(O)c1noc(C2CNC2)n1. The summed E-state index contributed by atoms with van der Waals surface area (Å²) in [4.78, 5) is 14.1. The van der Waals surface area contributed by atoms with Crippen LogP contribution in [0.1, 0.15) is 22.4 Å². The molecule has 0 bridgehead atoms. The summed E-state index contributed by atoms with van der Waals surface area (Å²) in [6.45, 7) is 1.56. The molecular formula is C6H7N3O3. The molecule has 0 saturated carbocycles. The van der Waals surface area contributed by atoms with E-state index in [0.29, 0.717) is 5.89 Å². The van der Waals surface area contributed by atoms with Gasteiger partial charge in [-0.25, -0.2) is 4.79 Å². The fraction of sp³-hybridized carbons (Fsp3) is 0.500. The van der Waals surface area contributed by atoms with E-state index in [9.17, 15) is 4.79 Å². The Hall–Kier alpha value is -1.43. The minimum atomic E-state index is -1.16. The maximum atomic E-state index is 10.3. The van der Waals surface area contributed by atoms with Crippen LogP contribution in [0.15, 0.2) is 4.52 Å². The van der Waals surface area contributed by atoms with Crippen molar-refractivity contribution in [3.8, 4) is 0 Å². The summed E-state index contributed by atoms with van der Waals surface area (Å²) in [6.07, 6.45) is 0. The topological polar surface area (TPSA) is 88.2 Å². The second-order valence-corrected chi connectivity index (χ2v) is 2.62. The summed E-state index contributed by atoms with van der Waals surface area (Å²) in [6, 6.07) is 0. The lowest BCUT2D eigenvalue weighted by atomic mass is 10.0. The maximum absolute atomic E-state index is 10.3. The van der Waals surface area contributed by atoms with Gasteiger partial charge >= 0.3 is 5.97 Å². The summed E-state index contributed by atoms with van der Waals surface area (Å²) in [5.74, 6) is -0.828. The standard InChI is InChI=1S/C6H7N3O3/c10-6(11)4-8-5(12-9-4)3-1-7-2-3/h3,7H,1-2H2,(H,10,11). The molecule has 0 atom stereocenters. The van der Waals surface area contributed by atoms with E-state index in [-0.39, 0.29) is 11.7 Å². The minimum absolute atomic E-state index is 0.186. The zero-order valence-corrected chi connectivity index (χ0v) is 6.15. The highest BCUT2D eigenvalue weighted by atomic mass is 16.5. The number of hydrogen-bond donors (Lipinski definition) is 2. The van der Waals surface area contributed by atoms with Crippen molar-refractivity contribution < 1.29 is 14.4 Å². The first-order chi connectivity index (χ1) is 5.77. The Morgan fingerprint density at radius 2 is 2.42 bits per heavy atom. The molecule has 0 amide bonds. The van der Waals surface area contributed by atoms with Gasteiger partial charge in [0, 0.05) is 13.1 Å². The number of carboxylic acids is 1. The van der Waals surface area contributed by atoms with Crippen molar-refractivity contribution in [1.29, 1.82) is 0 Å². The van der Waals surface area contributed by atoms with E-state index in [1.54, 1.807) is 0 Å². The zero-order chi connectivity index (χ0) is 8.55. The van der Waals surface area contributed by atoms with E-state index in [2.05, 4.69) is 15.5 Å². The summed E-state index contributed by atoms with van der Waals surface area (Å²) < 4.78 is 4.75. The highest BCUT2D eigenvalue weighted by molar-refractivity contribution is 5.82. The fourth-order valence-corrected chi connectivity index (χ4v) is 0.951. The predicted octanol–water partition coefficient (Wildman–Crippen LogP) is -0.545. The van der Waals surface area contributed by atoms with E-state index < -0.39 is 5.97 Å². The fourth-order valence-electron chi connectivity index (χ4n) is 0.951. The van der Waals surface area contributed by atoms with Gasteiger partial charge in [0.1, 0.15) is 0 Å². The Balaban J connectivity index is 2.17. The quantitative estimate of drug-likeness (QED) is 0.617. The van der Waals surface area contributed by atoms with Gasteiger partial charge in [-0.1, -0.05) is 0 Å². The number of aromatic nitrogens is 2. The first-order valence-electron chi connectivity index (χ1n) is 3.55. The molecule has 1 aromatic heterocycles. The molecule has 2 rings (SSSR count). The van der Waals surface area contributed by atoms with Gasteiger partial charge in [-0.2, -0.15) is 4.98 Å². The van der Waals surface area contributed by atoms with Crippen molar-refractivity contribution in [2.24, 2.45) is 0 Å². The number of nitrogens with zero attached hydrogens (tertiary/aromatic N) is 2. The third-order valence-corrected chi connectivity index (χ3v) is 1.76. The molecule has 0 unspecified atom stereocenters. The smallest absolute Gasteiger partial charge is 0.377 e. The van der Waals surface area contributed by atoms with Gasteiger partial charge in [0.2, 0.25) is 5.89 Å². The van der Waals surface area contributed by atoms with Gasteiger partial charge < -0.3 is 14.9 Å². The Kier molecular flexibility index (Phi) is 1.54. The van der Waals surface area contributed by atoms with E-state index >= 15 is 0 Å². The number of nitrogens with one attached hydrogen (secondary N) is 1. The number of aromatic carboxylic acids is 1. The number of carbonyl (C=O) groups is 1. The second kappa shape index (κ2) is 2.56. The molecule has 1 saturated heterocycles. The maximum Gasteiger partial charge on any atom is 0.377 e. The first-order valence-corrected chi connectivity index (χ1v) is 3.55. The molecule has 6 heteroatoms. The second-order valence-electron chi connectivity index (χ2n) is 2.62. The highest BCUT2D eigenvalue weighted by Crippen LogP contribution is 2.16. The number of hydrogen-bond acceptors (Lipinski definition) is 5. The van der Waals surface area contributed by atoms with Crippen LogP contribution in [0, 0.1) is 0 Å². The van der Waals surface area contributed by atoms with Crippen molar-refractivity contribution in [2.45, 2.75) is 5.92 Å². The molecule has 2 heterocycles. The van der Waals surface area contributed by atoms with Crippen LogP contribution in [0.2, 0.25) is 0 Å². The lowest BCUT2D eigenvalue weighted by molar-refractivity contribution is 0.0680. The van der Waals surface area contributed by atoms with Gasteiger partial charge in [0.05, 0.1) is 5.92 Å². The molecule has 1 aliphatic rings. The van der Waals surface area contributed by atoms with Crippen molar-refractivity contribution >= 4 is 5.97 Å². The van der Waals surface area contributed by atoms with Crippen molar-refractivity contribution in [3.63, 3.8) is 0 Å². The highest BCUT2D eigenvalue weighted by Gasteiger charge is 2.26. The summed E-state index contributed by atoms with van der Waals surface area (Å²) >= 11 is 0. The molecule has 6 nitrogen and oxygen atoms in total. The molecule has 1 aliphatic heterocycles. The molecule has 0 aliphatic carbocycles. The van der Waals surface area contributed by atoms with Crippen molar-refractivity contribution in [3.05, 3.63) is 11.7 Å². The largest absolute Gasteiger partial charge is 0.475 e. The Bertz CT molecular complexity index is 305. The van der Waals surface area contributed by atoms with Crippen molar-refractivity contribution in [1.82, 2.24) is 15.5 Å². The molecule has 0 aromatic carbocycles. The van der Waals surface area contributed by atoms with E-state index in [0.717, 1.165) is 13.1 Å². The molecule has 0 radical (unpaired) electrons. The summed E-state index contributed by atoms with van der Waals surface area (Å²) in [5.41, 5.74) is 0. The van der Waals surface area contributed by atoms with Crippen LogP contribution in [0.25, 0.3) is 0 Å². The normalized spacial score (nSPS) is 17.3. The Labute approximate surface area is 67.6 Å². The third kappa shape index (κ3) is 1.06. The Morgan fingerprint density at radius 3 is 2.83 bits per heavy atom. The van der Waals surface area contributed by atoms with Gasteiger partial charge in [-0.3, -0.25) is 0 Å². The van der Waals surface area contributed by atoms with Gasteiger partial charge in [-0.15, -0.1) is 0 Å². The molecule has 1 fully saturated rings. The van der Waals surface area contributed by atoms with Gasteiger partial charge in [0.25, 0.3) is 5.82 Å². The van der Waals surface area contributed by atoms with Crippen LogP contribution in [0.4, 0.5) is 0 Å². The molecule has 64 valence electrons. The van der Waals surface area contributed by atoms with E-state index in [4.69, 9.17) is 9.63 Å². The van der Waals surface area contributed by atoms with Gasteiger partial charge in [0.15, 0.2) is 0 Å². The Morgan fingerprint density at radius 1 is 1.67 bits per heavy atom. The summed E-state index contributed by atoms with van der Waals surface area (Å²) in [7, 11) is 0. The minimum Gasteiger partial charge on any atom is -0.475 e. The van der Waals surface area contributed by atoms with Crippen LogP contribution in [-0.2, 0) is 0 Å². The number of carboxylic acid groups (broad SMARTS) is 1. The molecule has 0 spiro atoms. The lowest BCUT2D eigenvalue weighted by Crippen LogP contribution is -2.40. The van der Waals surface area contributed by atoms with Gasteiger partial charge in [-0.05, 0) is 5.16 Å². The average Bonchev–Trinajstić information content (AvgIpc) is 2.32. The zero-order valence-electron chi connectivity index (χ0n) is 6.15. The van der Waals surface area contributed by atoms with E-state index in [1.807, 2.05) is 0 Å². The van der Waals surface area contributed by atoms with Crippen LogP contribution in [0.5, 0.6) is 0 Å². The molecule has 2 N–H and O–H groups in total. The van der Waals surface area contributed by atoms with Crippen LogP contribution < -0.4 is 5.32 Å². The van der Waals surface area contributed by atoms with Crippen LogP contribution >= 0.6 is 0 Å². The van der Waals surface area contributed by atoms with Crippen LogP contribution in [-0.4, -0.2) is 34.3 Å². The average molecular weight is 169 g/mol. The number of rotatable bonds is 2. The summed E-state index contributed by atoms with van der Waals surface area (Å²) in [5, 5.41) is 14.8. The van der Waals surface area contributed by atoms with Crippen molar-refractivity contribution in [2.75, 3.05) is 13.1 Å². The lowest BCUT2D eigenvalue weighted by Gasteiger charge is -2.22. The molecule has 12 heavy (non-hydrogen) atoms. The predicted molar refractivity (Wildman–Crippen MR) is 36.9 cm³/mol. The molecule has 1 aromatic rings. The molecular weight excluding hydrogens is 162 g/mol. The first kappa shape index (κ1) is 7.23. The monoisotopic (exact) mass is 169 g/mol.